The Morgan fingerprint density at radius 2 is 1.86 bits per heavy atom. The first-order chi connectivity index (χ1) is 6.19. The van der Waals surface area contributed by atoms with Gasteiger partial charge in [0.15, 0.2) is 0 Å². The van der Waals surface area contributed by atoms with Crippen molar-refractivity contribution in [1.82, 2.24) is 4.90 Å². The third-order valence-corrected chi connectivity index (χ3v) is 3.46. The predicted octanol–water partition coefficient (Wildman–Crippen LogP) is 0.124. The fourth-order valence-electron chi connectivity index (χ4n) is 0.987. The van der Waals surface area contributed by atoms with Crippen molar-refractivity contribution in [2.45, 2.75) is 25.8 Å². The number of nitrogens with zero attached hydrogens (tertiary/aromatic N) is 1. The summed E-state index contributed by atoms with van der Waals surface area (Å²) in [7, 11) is -0.974. The lowest BCUT2D eigenvalue weighted by Gasteiger charge is -2.33. The quantitative estimate of drug-likeness (QED) is 0.695. The summed E-state index contributed by atoms with van der Waals surface area (Å²) in [5.41, 5.74) is -0.280. The van der Waals surface area contributed by atoms with Gasteiger partial charge < -0.3 is 5.11 Å². The molecule has 0 heterocycles. The molecule has 0 bridgehead atoms. The third-order valence-electron chi connectivity index (χ3n) is 2.43. The van der Waals surface area contributed by atoms with E-state index in [1.807, 2.05) is 25.8 Å². The van der Waals surface area contributed by atoms with Gasteiger partial charge >= 0.3 is 0 Å². The fraction of sp³-hybridized carbons (Fsp3) is 1.00. The molecule has 0 unspecified atom stereocenters. The number of rotatable bonds is 6. The van der Waals surface area contributed by atoms with Crippen LogP contribution in [-0.2, 0) is 9.84 Å². The van der Waals surface area contributed by atoms with Gasteiger partial charge in [0.2, 0.25) is 0 Å². The second-order valence-corrected chi connectivity index (χ2v) is 6.64. The molecule has 0 rings (SSSR count). The molecular weight excluding hydrogens is 202 g/mol. The summed E-state index contributed by atoms with van der Waals surface area (Å²) in [4.78, 5) is 1.97. The molecule has 0 amide bonds. The van der Waals surface area contributed by atoms with Crippen LogP contribution in [-0.4, -0.2) is 56.2 Å². The highest BCUT2D eigenvalue weighted by atomic mass is 32.2. The zero-order valence-corrected chi connectivity index (χ0v) is 10.3. The summed E-state index contributed by atoms with van der Waals surface area (Å²) in [5, 5.41) is 9.06. The van der Waals surface area contributed by atoms with Crippen molar-refractivity contribution in [1.29, 1.82) is 0 Å². The van der Waals surface area contributed by atoms with Crippen LogP contribution < -0.4 is 0 Å². The van der Waals surface area contributed by atoms with Crippen molar-refractivity contribution in [3.63, 3.8) is 0 Å². The largest absolute Gasteiger partial charge is 0.394 e. The van der Waals surface area contributed by atoms with Gasteiger partial charge in [-0.1, -0.05) is 0 Å². The molecule has 0 saturated carbocycles. The summed E-state index contributed by atoms with van der Waals surface area (Å²) in [6.45, 7) is 4.60. The van der Waals surface area contributed by atoms with Gasteiger partial charge in [0.05, 0.1) is 12.4 Å². The van der Waals surface area contributed by atoms with Crippen LogP contribution in [0.4, 0.5) is 0 Å². The average Bonchev–Trinajstić information content (AvgIpc) is 2.02. The summed E-state index contributed by atoms with van der Waals surface area (Å²) >= 11 is 0. The molecule has 86 valence electrons. The van der Waals surface area contributed by atoms with Crippen molar-refractivity contribution in [2.75, 3.05) is 32.2 Å². The molecule has 0 atom stereocenters. The lowest BCUT2D eigenvalue weighted by molar-refractivity contribution is 0.0794. The van der Waals surface area contributed by atoms with Crippen LogP contribution in [0.3, 0.4) is 0 Å². The molecular formula is C9H21NO3S. The van der Waals surface area contributed by atoms with Crippen LogP contribution in [0.15, 0.2) is 0 Å². The Hall–Kier alpha value is -0.130. The Kier molecular flexibility index (Phi) is 5.05. The maximum Gasteiger partial charge on any atom is 0.147 e. The maximum atomic E-state index is 10.9. The monoisotopic (exact) mass is 223 g/mol. The average molecular weight is 223 g/mol. The summed E-state index contributed by atoms with van der Waals surface area (Å²) < 4.78 is 21.7. The van der Waals surface area contributed by atoms with Gasteiger partial charge in [-0.15, -0.1) is 0 Å². The van der Waals surface area contributed by atoms with E-state index >= 15 is 0 Å². The first kappa shape index (κ1) is 13.9. The highest BCUT2D eigenvalue weighted by Crippen LogP contribution is 2.11. The molecule has 4 nitrogen and oxygen atoms in total. The van der Waals surface area contributed by atoms with Gasteiger partial charge in [-0.3, -0.25) is 4.90 Å². The number of aliphatic hydroxyl groups excluding tert-OH is 1. The highest BCUT2D eigenvalue weighted by molar-refractivity contribution is 7.90. The molecule has 0 aliphatic heterocycles. The molecule has 1 N–H and O–H groups in total. The van der Waals surface area contributed by atoms with Crippen LogP contribution in [0.1, 0.15) is 20.3 Å². The standard InChI is InChI=1S/C9H21NO3S/c1-9(2,8-11)10(3)6-5-7-14(4,12)13/h11H,5-8H2,1-4H3. The van der Waals surface area contributed by atoms with Crippen molar-refractivity contribution < 1.29 is 13.5 Å². The van der Waals surface area contributed by atoms with E-state index in [0.29, 0.717) is 13.0 Å². The predicted molar refractivity (Wildman–Crippen MR) is 58.1 cm³/mol. The molecule has 14 heavy (non-hydrogen) atoms. The Morgan fingerprint density at radius 3 is 2.21 bits per heavy atom. The molecule has 0 aliphatic rings. The van der Waals surface area contributed by atoms with E-state index in [1.54, 1.807) is 0 Å². The molecule has 0 aliphatic carbocycles. The Bertz CT molecular complexity index is 259. The Balaban J connectivity index is 3.92. The first-order valence-electron chi connectivity index (χ1n) is 4.69. The van der Waals surface area contributed by atoms with E-state index in [-0.39, 0.29) is 17.9 Å². The van der Waals surface area contributed by atoms with E-state index in [4.69, 9.17) is 5.11 Å². The minimum atomic E-state index is -2.86. The van der Waals surface area contributed by atoms with Gasteiger partial charge in [-0.25, -0.2) is 8.42 Å². The van der Waals surface area contributed by atoms with Crippen molar-refractivity contribution in [2.24, 2.45) is 0 Å². The van der Waals surface area contributed by atoms with E-state index < -0.39 is 9.84 Å². The zero-order chi connectivity index (χ0) is 11.4. The summed E-state index contributed by atoms with van der Waals surface area (Å²) in [5.74, 6) is 0.207. The van der Waals surface area contributed by atoms with Crippen molar-refractivity contribution in [3.05, 3.63) is 0 Å². The Morgan fingerprint density at radius 1 is 1.36 bits per heavy atom. The lowest BCUT2D eigenvalue weighted by atomic mass is 10.1. The molecule has 5 heteroatoms. The summed E-state index contributed by atoms with van der Waals surface area (Å²) in [6, 6.07) is 0. The number of hydrogen-bond donors (Lipinski definition) is 1. The second kappa shape index (κ2) is 5.09. The van der Waals surface area contributed by atoms with Gasteiger partial charge in [0.25, 0.3) is 0 Å². The minimum absolute atomic E-state index is 0.0718. The normalized spacial score (nSPS) is 13.6. The van der Waals surface area contributed by atoms with E-state index in [1.165, 1.54) is 6.26 Å². The first-order valence-corrected chi connectivity index (χ1v) is 6.75. The number of sulfone groups is 1. The molecule has 0 aromatic rings. The van der Waals surface area contributed by atoms with E-state index in [9.17, 15) is 8.42 Å². The number of aliphatic hydroxyl groups is 1. The van der Waals surface area contributed by atoms with Gasteiger partial charge in [-0.2, -0.15) is 0 Å². The van der Waals surface area contributed by atoms with Crippen molar-refractivity contribution in [3.8, 4) is 0 Å². The number of hydrogen-bond acceptors (Lipinski definition) is 4. The van der Waals surface area contributed by atoms with Gasteiger partial charge in [-0.05, 0) is 33.9 Å². The van der Waals surface area contributed by atoms with Crippen LogP contribution in [0.25, 0.3) is 0 Å². The highest BCUT2D eigenvalue weighted by Gasteiger charge is 2.21. The molecule has 0 radical (unpaired) electrons. The maximum absolute atomic E-state index is 10.9. The van der Waals surface area contributed by atoms with Crippen LogP contribution in [0.2, 0.25) is 0 Å². The summed E-state index contributed by atoms with van der Waals surface area (Å²) in [6.07, 6.45) is 1.85. The third kappa shape index (κ3) is 5.57. The topological polar surface area (TPSA) is 57.6 Å². The fourth-order valence-corrected chi connectivity index (χ4v) is 1.64. The number of likely N-dealkylation sites (N-methyl/N-ethyl adjacent to an activating group) is 1. The van der Waals surface area contributed by atoms with Crippen molar-refractivity contribution >= 4 is 9.84 Å². The zero-order valence-electron chi connectivity index (χ0n) is 9.45. The van der Waals surface area contributed by atoms with Crippen LogP contribution >= 0.6 is 0 Å². The van der Waals surface area contributed by atoms with E-state index in [2.05, 4.69) is 0 Å². The van der Waals surface area contributed by atoms with E-state index in [0.717, 1.165) is 0 Å². The smallest absolute Gasteiger partial charge is 0.147 e. The molecule has 0 spiro atoms. The molecule has 0 saturated heterocycles. The minimum Gasteiger partial charge on any atom is -0.394 e. The lowest BCUT2D eigenvalue weighted by Crippen LogP contribution is -2.44. The molecule has 0 aromatic heterocycles. The molecule has 0 fully saturated rings. The van der Waals surface area contributed by atoms with Crippen LogP contribution in [0.5, 0.6) is 0 Å². The SMILES string of the molecule is CN(CCCS(C)(=O)=O)C(C)(C)CO. The second-order valence-electron chi connectivity index (χ2n) is 4.38. The van der Waals surface area contributed by atoms with Crippen LogP contribution in [0, 0.1) is 0 Å². The van der Waals surface area contributed by atoms with Gasteiger partial charge in [0, 0.05) is 11.8 Å². The Labute approximate surface area is 86.8 Å². The van der Waals surface area contributed by atoms with Gasteiger partial charge in [0.1, 0.15) is 9.84 Å². The molecule has 0 aromatic carbocycles.